The molecule has 1 aromatic heterocycles. The Morgan fingerprint density at radius 3 is 2.59 bits per heavy atom. The normalized spacial score (nSPS) is 16.1. The van der Waals surface area contributed by atoms with Crippen molar-refractivity contribution in [3.8, 4) is 5.75 Å². The summed E-state index contributed by atoms with van der Waals surface area (Å²) >= 11 is 0. The van der Waals surface area contributed by atoms with Gasteiger partial charge >= 0.3 is 0 Å². The van der Waals surface area contributed by atoms with Crippen LogP contribution in [-0.2, 0) is 4.79 Å². The predicted octanol–water partition coefficient (Wildman–Crippen LogP) is 4.74. The number of benzene rings is 2. The minimum absolute atomic E-state index is 0.328. The molecule has 2 heterocycles. The van der Waals surface area contributed by atoms with E-state index >= 15 is 0 Å². The number of carbonyl (C=O) groups excluding carboxylic acids is 1. The smallest absolute Gasteiger partial charge is 0.147 e. The van der Waals surface area contributed by atoms with Crippen LogP contribution in [0.4, 0.5) is 10.1 Å². The zero-order valence-electron chi connectivity index (χ0n) is 15.8. The number of ether oxygens (including phenoxy) is 1. The zero-order valence-corrected chi connectivity index (χ0v) is 15.8. The largest absolute Gasteiger partial charge is 0.497 e. The molecule has 0 N–H and O–H groups in total. The van der Waals surface area contributed by atoms with Gasteiger partial charge in [0, 0.05) is 23.7 Å². The highest BCUT2D eigenvalue weighted by molar-refractivity contribution is 5.98. The van der Waals surface area contributed by atoms with Gasteiger partial charge in [-0.25, -0.2) is 4.39 Å². The number of anilines is 1. The van der Waals surface area contributed by atoms with Gasteiger partial charge in [-0.15, -0.1) is 0 Å². The Hall–Kier alpha value is -3.73. The summed E-state index contributed by atoms with van der Waals surface area (Å²) in [5.41, 5.74) is 4.03. The second-order valence-electron chi connectivity index (χ2n) is 6.60. The van der Waals surface area contributed by atoms with Crippen LogP contribution in [0.3, 0.4) is 0 Å². The molecule has 29 heavy (non-hydrogen) atoms. The van der Waals surface area contributed by atoms with Crippen LogP contribution in [0.15, 0.2) is 85.2 Å². The number of hydrogen-bond donors (Lipinski definition) is 0. The van der Waals surface area contributed by atoms with E-state index in [1.807, 2.05) is 59.6 Å². The van der Waals surface area contributed by atoms with E-state index in [0.717, 1.165) is 28.7 Å². The van der Waals surface area contributed by atoms with Crippen molar-refractivity contribution in [3.05, 3.63) is 102 Å². The Balaban J connectivity index is 1.87. The molecule has 0 fully saturated rings. The zero-order chi connectivity index (χ0) is 20.2. The number of aldehydes is 1. The Morgan fingerprint density at radius 2 is 1.90 bits per heavy atom. The van der Waals surface area contributed by atoms with Crippen LogP contribution in [0.1, 0.15) is 11.3 Å². The van der Waals surface area contributed by atoms with E-state index in [-0.39, 0.29) is 5.82 Å². The van der Waals surface area contributed by atoms with Gasteiger partial charge in [0.05, 0.1) is 12.8 Å². The molecular weight excluding hydrogens is 367 g/mol. The van der Waals surface area contributed by atoms with Gasteiger partial charge in [-0.2, -0.15) is 0 Å². The minimum atomic E-state index is -0.569. The first kappa shape index (κ1) is 18.6. The number of carbonyl (C=O) groups is 1. The quantitative estimate of drug-likeness (QED) is 0.594. The van der Waals surface area contributed by atoms with E-state index in [1.165, 1.54) is 12.1 Å². The van der Waals surface area contributed by atoms with Gasteiger partial charge in [0.25, 0.3) is 0 Å². The van der Waals surface area contributed by atoms with Crippen molar-refractivity contribution in [2.75, 3.05) is 12.0 Å². The van der Waals surface area contributed by atoms with Crippen molar-refractivity contribution in [2.45, 2.75) is 6.04 Å². The first-order chi connectivity index (χ1) is 14.2. The third kappa shape index (κ3) is 3.80. The van der Waals surface area contributed by atoms with Crippen LogP contribution in [0.5, 0.6) is 5.75 Å². The molecule has 3 aromatic rings. The number of aromatic nitrogens is 1. The molecule has 1 atom stereocenters. The average Bonchev–Trinajstić information content (AvgIpc) is 2.79. The van der Waals surface area contributed by atoms with Crippen LogP contribution < -0.4 is 9.64 Å². The fourth-order valence-corrected chi connectivity index (χ4v) is 3.39. The predicted molar refractivity (Wildman–Crippen MR) is 112 cm³/mol. The summed E-state index contributed by atoms with van der Waals surface area (Å²) in [4.78, 5) is 18.4. The van der Waals surface area contributed by atoms with Gasteiger partial charge < -0.3 is 14.4 Å². The van der Waals surface area contributed by atoms with Gasteiger partial charge in [0.15, 0.2) is 0 Å². The highest BCUT2D eigenvalue weighted by atomic mass is 19.1. The fraction of sp³-hybridized carbons (Fsp3) is 0.0833. The van der Waals surface area contributed by atoms with Gasteiger partial charge in [-0.1, -0.05) is 18.2 Å². The molecule has 4 rings (SSSR count). The molecule has 2 aromatic carbocycles. The molecule has 0 saturated carbocycles. The Kier molecular flexibility index (Phi) is 5.20. The molecule has 1 unspecified atom stereocenters. The number of rotatable bonds is 5. The maximum Gasteiger partial charge on any atom is 0.147 e. The Morgan fingerprint density at radius 1 is 1.07 bits per heavy atom. The third-order valence-corrected chi connectivity index (χ3v) is 4.82. The number of nitrogens with zero attached hydrogens (tertiary/aromatic N) is 2. The monoisotopic (exact) mass is 386 g/mol. The summed E-state index contributed by atoms with van der Waals surface area (Å²) in [7, 11) is 1.61. The van der Waals surface area contributed by atoms with Crippen LogP contribution >= 0.6 is 0 Å². The van der Waals surface area contributed by atoms with Gasteiger partial charge in [-0.05, 0) is 65.7 Å². The fourth-order valence-electron chi connectivity index (χ4n) is 3.39. The second-order valence-corrected chi connectivity index (χ2v) is 6.60. The van der Waals surface area contributed by atoms with Crippen LogP contribution in [0.2, 0.25) is 0 Å². The van der Waals surface area contributed by atoms with Crippen LogP contribution in [0, 0.1) is 5.82 Å². The van der Waals surface area contributed by atoms with Crippen molar-refractivity contribution in [2.24, 2.45) is 0 Å². The second kappa shape index (κ2) is 8.10. The SMILES string of the molecule is COc1cccc(C2=CC(c3ccccn3)=CN(c3ccc(F)cc3)C2C=O)c1. The summed E-state index contributed by atoms with van der Waals surface area (Å²) in [5, 5.41) is 0. The molecule has 0 aliphatic carbocycles. The van der Waals surface area contributed by atoms with E-state index < -0.39 is 6.04 Å². The summed E-state index contributed by atoms with van der Waals surface area (Å²) < 4.78 is 18.8. The van der Waals surface area contributed by atoms with Gasteiger partial charge in [-0.3, -0.25) is 4.98 Å². The molecule has 1 aliphatic heterocycles. The van der Waals surface area contributed by atoms with E-state index in [4.69, 9.17) is 4.74 Å². The summed E-state index contributed by atoms with van der Waals surface area (Å²) in [6.07, 6.45) is 6.46. The lowest BCUT2D eigenvalue weighted by Crippen LogP contribution is -2.35. The van der Waals surface area contributed by atoms with Crippen molar-refractivity contribution in [1.82, 2.24) is 4.98 Å². The van der Waals surface area contributed by atoms with E-state index in [1.54, 1.807) is 25.4 Å². The molecular formula is C24H19FN2O2. The molecule has 4 nitrogen and oxygen atoms in total. The lowest BCUT2D eigenvalue weighted by atomic mass is 9.91. The number of methoxy groups -OCH3 is 1. The molecule has 0 amide bonds. The topological polar surface area (TPSA) is 42.4 Å². The van der Waals surface area contributed by atoms with E-state index in [0.29, 0.717) is 11.4 Å². The maximum absolute atomic E-state index is 13.5. The van der Waals surface area contributed by atoms with Gasteiger partial charge in [0.2, 0.25) is 0 Å². The standard InChI is InChI=1S/C24H19FN2O2/c1-29-21-6-4-5-17(13-21)22-14-18(23-7-2-3-12-26-23)15-27(24(22)16-28)20-10-8-19(25)9-11-20/h2-16,24H,1H3. The highest BCUT2D eigenvalue weighted by Gasteiger charge is 2.27. The summed E-state index contributed by atoms with van der Waals surface area (Å²) in [6, 6.07) is 18.8. The Bertz CT molecular complexity index is 1080. The maximum atomic E-state index is 13.5. The number of allylic oxidation sites excluding steroid dienone is 2. The van der Waals surface area contributed by atoms with Crippen molar-refractivity contribution >= 4 is 23.1 Å². The van der Waals surface area contributed by atoms with Crippen molar-refractivity contribution in [3.63, 3.8) is 0 Å². The minimum Gasteiger partial charge on any atom is -0.497 e. The first-order valence-electron chi connectivity index (χ1n) is 9.18. The van der Waals surface area contributed by atoms with E-state index in [2.05, 4.69) is 4.98 Å². The molecule has 144 valence electrons. The van der Waals surface area contributed by atoms with Crippen LogP contribution in [-0.4, -0.2) is 24.4 Å². The van der Waals surface area contributed by atoms with E-state index in [9.17, 15) is 9.18 Å². The lowest BCUT2D eigenvalue weighted by molar-refractivity contribution is -0.107. The molecule has 0 spiro atoms. The summed E-state index contributed by atoms with van der Waals surface area (Å²) in [5.74, 6) is 0.376. The van der Waals surface area contributed by atoms with Crippen molar-refractivity contribution < 1.29 is 13.9 Å². The van der Waals surface area contributed by atoms with Crippen LogP contribution in [0.25, 0.3) is 11.1 Å². The average molecular weight is 386 g/mol. The molecule has 0 saturated heterocycles. The summed E-state index contributed by atoms with van der Waals surface area (Å²) in [6.45, 7) is 0. The van der Waals surface area contributed by atoms with Crippen molar-refractivity contribution in [1.29, 1.82) is 0 Å². The Labute approximate surface area is 168 Å². The third-order valence-electron chi connectivity index (χ3n) is 4.82. The molecule has 1 aliphatic rings. The first-order valence-corrected chi connectivity index (χ1v) is 9.18. The lowest BCUT2D eigenvalue weighted by Gasteiger charge is -2.33. The molecule has 5 heteroatoms. The number of hydrogen-bond acceptors (Lipinski definition) is 4. The molecule has 0 radical (unpaired) electrons. The highest BCUT2D eigenvalue weighted by Crippen LogP contribution is 2.35. The number of halogens is 1. The number of pyridine rings is 1. The van der Waals surface area contributed by atoms with Gasteiger partial charge in [0.1, 0.15) is 23.9 Å². The molecule has 0 bridgehead atoms.